The highest BCUT2D eigenvalue weighted by Crippen LogP contribution is 2.15. The number of benzene rings is 1. The van der Waals surface area contributed by atoms with Crippen LogP contribution in [0.3, 0.4) is 0 Å². The molecule has 1 aromatic rings. The molecule has 1 aromatic carbocycles. The molecule has 1 aliphatic rings. The van der Waals surface area contributed by atoms with Crippen molar-refractivity contribution in [1.29, 1.82) is 0 Å². The van der Waals surface area contributed by atoms with Crippen LogP contribution < -0.4 is 10.6 Å². The van der Waals surface area contributed by atoms with E-state index in [0.717, 1.165) is 63.6 Å². The smallest absolute Gasteiger partial charge is 0.251 e. The number of piperidine rings is 1. The van der Waals surface area contributed by atoms with Gasteiger partial charge in [0.1, 0.15) is 0 Å². The topological polar surface area (TPSA) is 75.2 Å². The second-order valence-electron chi connectivity index (χ2n) is 7.13. The normalized spacial score (nSPS) is 15.4. The molecule has 0 radical (unpaired) electrons. The number of nitrogens with zero attached hydrogens (tertiary/aromatic N) is 2. The lowest BCUT2D eigenvalue weighted by molar-refractivity contribution is 0.00990. The molecular weight excluding hydrogens is 368 g/mol. The molecule has 2 rings (SSSR count). The molecule has 0 aromatic heterocycles. The Kier molecular flexibility index (Phi) is 10.5. The van der Waals surface area contributed by atoms with E-state index in [9.17, 15) is 4.79 Å². The summed E-state index contributed by atoms with van der Waals surface area (Å²) in [5.74, 6) is 0.881. The Morgan fingerprint density at radius 1 is 1.17 bits per heavy atom. The van der Waals surface area contributed by atoms with Crippen LogP contribution in [0.2, 0.25) is 0 Å². The van der Waals surface area contributed by atoms with Crippen LogP contribution in [0.1, 0.15) is 49.0 Å². The lowest BCUT2D eigenvalue weighted by Crippen LogP contribution is -2.47. The third-order valence-electron chi connectivity index (χ3n) is 4.86. The summed E-state index contributed by atoms with van der Waals surface area (Å²) in [6.07, 6.45) is 3.27. The van der Waals surface area contributed by atoms with Crippen LogP contribution in [0.25, 0.3) is 0 Å². The van der Waals surface area contributed by atoms with Gasteiger partial charge in [0.25, 0.3) is 5.91 Å². The zero-order valence-corrected chi connectivity index (χ0v) is 18.1. The van der Waals surface area contributed by atoms with E-state index in [-0.39, 0.29) is 5.91 Å². The van der Waals surface area contributed by atoms with E-state index in [1.807, 2.05) is 31.2 Å². The van der Waals surface area contributed by atoms with Crippen molar-refractivity contribution in [3.05, 3.63) is 35.4 Å². The van der Waals surface area contributed by atoms with E-state index in [0.29, 0.717) is 24.8 Å². The van der Waals surface area contributed by atoms with Crippen molar-refractivity contribution in [3.8, 4) is 0 Å². The van der Waals surface area contributed by atoms with E-state index >= 15 is 0 Å². The number of aliphatic imine (C=N–C) groups is 1. The SMILES string of the molecule is CCNC(=O)c1cccc(CN=C(NCC)N2CCC(OCCCOC)CC2)c1. The number of hydrogen-bond donors (Lipinski definition) is 2. The number of methoxy groups -OCH3 is 1. The fourth-order valence-corrected chi connectivity index (χ4v) is 3.35. The number of carbonyl (C=O) groups is 1. The molecule has 2 N–H and O–H groups in total. The Labute approximate surface area is 174 Å². The maximum atomic E-state index is 12.0. The average molecular weight is 405 g/mol. The van der Waals surface area contributed by atoms with Crippen molar-refractivity contribution < 1.29 is 14.3 Å². The quantitative estimate of drug-likeness (QED) is 0.356. The Hall–Kier alpha value is -2.12. The van der Waals surface area contributed by atoms with Gasteiger partial charge in [0.05, 0.1) is 12.6 Å². The van der Waals surface area contributed by atoms with Crippen molar-refractivity contribution in [3.63, 3.8) is 0 Å². The number of amides is 1. The maximum Gasteiger partial charge on any atom is 0.251 e. The first kappa shape index (κ1) is 23.2. The van der Waals surface area contributed by atoms with E-state index in [4.69, 9.17) is 14.5 Å². The highest BCUT2D eigenvalue weighted by atomic mass is 16.5. The van der Waals surface area contributed by atoms with Crippen LogP contribution in [0.5, 0.6) is 0 Å². The molecule has 0 saturated carbocycles. The van der Waals surface area contributed by atoms with Gasteiger partial charge in [0, 0.05) is 52.1 Å². The van der Waals surface area contributed by atoms with Crippen molar-refractivity contribution in [2.75, 3.05) is 46.5 Å². The number of ether oxygens (including phenoxy) is 2. The van der Waals surface area contributed by atoms with E-state index < -0.39 is 0 Å². The molecule has 162 valence electrons. The van der Waals surface area contributed by atoms with E-state index in [1.54, 1.807) is 7.11 Å². The highest BCUT2D eigenvalue weighted by Gasteiger charge is 2.21. The van der Waals surface area contributed by atoms with Gasteiger partial charge in [-0.15, -0.1) is 0 Å². The van der Waals surface area contributed by atoms with Gasteiger partial charge in [-0.25, -0.2) is 4.99 Å². The van der Waals surface area contributed by atoms with Gasteiger partial charge < -0.3 is 25.0 Å². The number of hydrogen-bond acceptors (Lipinski definition) is 4. The van der Waals surface area contributed by atoms with Gasteiger partial charge in [-0.3, -0.25) is 4.79 Å². The molecule has 0 spiro atoms. The third kappa shape index (κ3) is 8.03. The summed E-state index contributed by atoms with van der Waals surface area (Å²) < 4.78 is 11.0. The first-order chi connectivity index (χ1) is 14.2. The van der Waals surface area contributed by atoms with E-state index in [2.05, 4.69) is 22.5 Å². The molecule has 7 nitrogen and oxygen atoms in total. The largest absolute Gasteiger partial charge is 0.385 e. The Balaban J connectivity index is 1.90. The molecule has 0 bridgehead atoms. The van der Waals surface area contributed by atoms with Crippen LogP contribution >= 0.6 is 0 Å². The molecule has 0 aliphatic carbocycles. The van der Waals surface area contributed by atoms with Gasteiger partial charge in [0.2, 0.25) is 0 Å². The number of likely N-dealkylation sites (tertiary alicyclic amines) is 1. The predicted octanol–water partition coefficient (Wildman–Crippen LogP) is 2.42. The lowest BCUT2D eigenvalue weighted by Gasteiger charge is -2.34. The molecule has 1 fully saturated rings. The van der Waals surface area contributed by atoms with Crippen LogP contribution in [0, 0.1) is 0 Å². The highest BCUT2D eigenvalue weighted by molar-refractivity contribution is 5.94. The minimum absolute atomic E-state index is 0.0437. The predicted molar refractivity (Wildman–Crippen MR) is 116 cm³/mol. The summed E-state index contributed by atoms with van der Waals surface area (Å²) in [6, 6.07) is 7.67. The molecule has 1 heterocycles. The van der Waals surface area contributed by atoms with Gasteiger partial charge in [-0.2, -0.15) is 0 Å². The monoisotopic (exact) mass is 404 g/mol. The lowest BCUT2D eigenvalue weighted by atomic mass is 10.1. The molecule has 0 atom stereocenters. The fraction of sp³-hybridized carbons (Fsp3) is 0.636. The van der Waals surface area contributed by atoms with Gasteiger partial charge in [-0.1, -0.05) is 12.1 Å². The van der Waals surface area contributed by atoms with Gasteiger partial charge >= 0.3 is 0 Å². The summed E-state index contributed by atoms with van der Waals surface area (Å²) >= 11 is 0. The first-order valence-corrected chi connectivity index (χ1v) is 10.7. The summed E-state index contributed by atoms with van der Waals surface area (Å²) in [7, 11) is 1.72. The van der Waals surface area contributed by atoms with Gasteiger partial charge in [0.15, 0.2) is 5.96 Å². The van der Waals surface area contributed by atoms with Crippen LogP contribution in [-0.2, 0) is 16.0 Å². The summed E-state index contributed by atoms with van der Waals surface area (Å²) in [5.41, 5.74) is 1.71. The second kappa shape index (κ2) is 13.2. The van der Waals surface area contributed by atoms with Crippen molar-refractivity contribution in [1.82, 2.24) is 15.5 Å². The molecule has 1 amide bonds. The summed E-state index contributed by atoms with van der Waals surface area (Å²) in [4.78, 5) is 19.1. The standard InChI is InChI=1S/C22H36N4O3/c1-4-23-21(27)19-9-6-8-18(16-19)17-25-22(24-5-2)26-12-10-20(11-13-26)29-15-7-14-28-3/h6,8-9,16,20H,4-5,7,10-15,17H2,1-3H3,(H,23,27)(H,24,25). The number of guanidine groups is 1. The summed E-state index contributed by atoms with van der Waals surface area (Å²) in [6.45, 7) is 9.36. The molecule has 1 saturated heterocycles. The molecule has 29 heavy (non-hydrogen) atoms. The average Bonchev–Trinajstić information content (AvgIpc) is 2.75. The van der Waals surface area contributed by atoms with E-state index in [1.165, 1.54) is 0 Å². The maximum absolute atomic E-state index is 12.0. The minimum atomic E-state index is -0.0437. The number of rotatable bonds is 10. The summed E-state index contributed by atoms with van der Waals surface area (Å²) in [5, 5.41) is 6.23. The van der Waals surface area contributed by atoms with Crippen molar-refractivity contribution in [2.45, 2.75) is 45.8 Å². The van der Waals surface area contributed by atoms with Crippen LogP contribution in [0.15, 0.2) is 29.3 Å². The van der Waals surface area contributed by atoms with Gasteiger partial charge in [-0.05, 0) is 50.8 Å². The Bertz CT molecular complexity index is 643. The molecule has 0 unspecified atom stereocenters. The van der Waals surface area contributed by atoms with Crippen molar-refractivity contribution in [2.24, 2.45) is 4.99 Å². The zero-order valence-electron chi connectivity index (χ0n) is 18.1. The number of nitrogens with one attached hydrogen (secondary N) is 2. The number of carbonyl (C=O) groups excluding carboxylic acids is 1. The van der Waals surface area contributed by atoms with Crippen molar-refractivity contribution >= 4 is 11.9 Å². The fourth-order valence-electron chi connectivity index (χ4n) is 3.35. The molecule has 7 heteroatoms. The zero-order chi connectivity index (χ0) is 20.9. The second-order valence-corrected chi connectivity index (χ2v) is 7.13. The first-order valence-electron chi connectivity index (χ1n) is 10.7. The van der Waals surface area contributed by atoms with Crippen LogP contribution in [0.4, 0.5) is 0 Å². The molecule has 1 aliphatic heterocycles. The minimum Gasteiger partial charge on any atom is -0.385 e. The Morgan fingerprint density at radius 2 is 1.93 bits per heavy atom. The van der Waals surface area contributed by atoms with Crippen LogP contribution in [-0.4, -0.2) is 69.4 Å². The molecular formula is C22H36N4O3. The Morgan fingerprint density at radius 3 is 2.62 bits per heavy atom. The third-order valence-corrected chi connectivity index (χ3v) is 4.86.